The van der Waals surface area contributed by atoms with Crippen molar-refractivity contribution >= 4 is 33.0 Å². The lowest BCUT2D eigenvalue weighted by molar-refractivity contribution is -0.175. The summed E-state index contributed by atoms with van der Waals surface area (Å²) in [5.74, 6) is 3.66. The molecule has 8 aromatic carbocycles. The maximum absolute atomic E-state index is 12.1. The number of hydrogen-bond donors (Lipinski definition) is 0. The van der Waals surface area contributed by atoms with Crippen LogP contribution in [0.5, 0.6) is 28.7 Å². The third kappa shape index (κ3) is 11.4. The molecule has 0 unspecified atom stereocenters. The average molecular weight is 1210 g/mol. The van der Waals surface area contributed by atoms with Crippen molar-refractivity contribution in [2.45, 2.75) is 131 Å². The van der Waals surface area contributed by atoms with Gasteiger partial charge in [-0.25, -0.2) is 0 Å². The lowest BCUT2D eigenvalue weighted by Gasteiger charge is -2.35. The normalized spacial score (nSPS) is 16.9. The maximum Gasteiger partial charge on any atom is 0.306 e. The Balaban J connectivity index is 0.000000104. The van der Waals surface area contributed by atoms with Gasteiger partial charge in [0.15, 0.2) is 23.1 Å². The van der Waals surface area contributed by atoms with Gasteiger partial charge in [0.2, 0.25) is 0 Å². The molecule has 9 aliphatic rings. The predicted molar refractivity (Wildman–Crippen MR) is 343 cm³/mol. The van der Waals surface area contributed by atoms with Gasteiger partial charge in [-0.3, -0.25) is 14.4 Å². The number of carbonyl (C=O) groups is 3. The summed E-state index contributed by atoms with van der Waals surface area (Å²) in [6.07, 6.45) is 13.6. The van der Waals surface area contributed by atoms with Gasteiger partial charge in [-0.2, -0.15) is 8.42 Å². The first kappa shape index (κ1) is 58.1. The molecule has 13 heteroatoms. The van der Waals surface area contributed by atoms with Crippen molar-refractivity contribution < 1.29 is 55.4 Å². The van der Waals surface area contributed by atoms with Crippen LogP contribution in [0.1, 0.15) is 157 Å². The minimum absolute atomic E-state index is 0.0598. The van der Waals surface area contributed by atoms with Crippen molar-refractivity contribution in [1.29, 1.82) is 0 Å². The zero-order valence-electron chi connectivity index (χ0n) is 51.0. The van der Waals surface area contributed by atoms with E-state index in [-0.39, 0.29) is 23.1 Å². The molecule has 5 heterocycles. The SMILES string of the molecule is CC(=O)c1ccc2c(c1)COc1cc3c(cc1-2)CCCC3=O.CC1=CCCc2cc3c(cc21)OCc1cc(C)ccc1-3.CS(=O)(=O)Oc1ccc2c(c1)COc1cc3c(cc1-2)CCCC3=O.Cc1ccc2c(c1)COc1cc3c(cc1-2)CCCC31OCCO1. The Morgan fingerprint density at radius 1 is 0.449 bits per heavy atom. The molecule has 5 aliphatic heterocycles. The van der Waals surface area contributed by atoms with Crippen LogP contribution < -0.4 is 23.1 Å². The molecule has 12 nitrogen and oxygen atoms in total. The fourth-order valence-corrected chi connectivity index (χ4v) is 14.6. The number of fused-ring (bicyclic) bond motifs is 17. The Labute approximate surface area is 519 Å². The molecule has 0 atom stereocenters. The highest BCUT2D eigenvalue weighted by Gasteiger charge is 2.43. The number of Topliss-reactive ketones (excluding diaryl/α,β-unsaturated/α-hetero) is 3. The van der Waals surface area contributed by atoms with Gasteiger partial charge in [0.05, 0.1) is 19.5 Å². The number of carbonyl (C=O) groups excluding carboxylic acids is 3. The van der Waals surface area contributed by atoms with E-state index in [1.807, 2.05) is 42.5 Å². The molecule has 452 valence electrons. The van der Waals surface area contributed by atoms with Crippen LogP contribution in [0.15, 0.2) is 127 Å². The van der Waals surface area contributed by atoms with E-state index in [9.17, 15) is 22.8 Å². The summed E-state index contributed by atoms with van der Waals surface area (Å²) in [5, 5.41) is 0. The third-order valence-electron chi connectivity index (χ3n) is 18.6. The molecule has 17 rings (SSSR count). The number of aryl methyl sites for hydroxylation is 6. The van der Waals surface area contributed by atoms with Gasteiger partial charge in [0.25, 0.3) is 0 Å². The van der Waals surface area contributed by atoms with Gasteiger partial charge in [-0.15, -0.1) is 0 Å². The smallest absolute Gasteiger partial charge is 0.306 e. The monoisotopic (exact) mass is 1210 g/mol. The van der Waals surface area contributed by atoms with E-state index in [1.54, 1.807) is 19.1 Å². The lowest BCUT2D eigenvalue weighted by Crippen LogP contribution is -2.32. The first-order chi connectivity index (χ1) is 43.0. The Morgan fingerprint density at radius 2 is 0.899 bits per heavy atom. The Bertz CT molecular complexity index is 4430. The minimum atomic E-state index is -3.56. The fourth-order valence-electron chi connectivity index (χ4n) is 14.2. The quantitative estimate of drug-likeness (QED) is 0.122. The van der Waals surface area contributed by atoms with Crippen molar-refractivity contribution in [3.05, 3.63) is 211 Å². The van der Waals surface area contributed by atoms with Crippen LogP contribution in [0.25, 0.3) is 50.1 Å². The van der Waals surface area contributed by atoms with E-state index in [0.29, 0.717) is 63.8 Å². The summed E-state index contributed by atoms with van der Waals surface area (Å²) < 4.78 is 63.2. The number of ether oxygens (including phenoxy) is 6. The van der Waals surface area contributed by atoms with Gasteiger partial charge < -0.3 is 32.6 Å². The molecule has 0 saturated carbocycles. The highest BCUT2D eigenvalue weighted by Crippen LogP contribution is 2.49. The van der Waals surface area contributed by atoms with Gasteiger partial charge in [-0.1, -0.05) is 71.8 Å². The molecule has 0 N–H and O–H groups in total. The average Bonchev–Trinajstić information content (AvgIpc) is 1.83. The molecule has 0 amide bonds. The van der Waals surface area contributed by atoms with E-state index in [2.05, 4.69) is 93.6 Å². The summed E-state index contributed by atoms with van der Waals surface area (Å²) in [6.45, 7) is 11.5. The topological polar surface area (TPSA) is 150 Å². The highest BCUT2D eigenvalue weighted by atomic mass is 32.2. The van der Waals surface area contributed by atoms with Crippen molar-refractivity contribution in [2.24, 2.45) is 0 Å². The summed E-state index contributed by atoms with van der Waals surface area (Å²) in [5.41, 5.74) is 27.4. The number of ketones is 3. The first-order valence-electron chi connectivity index (χ1n) is 31.1. The van der Waals surface area contributed by atoms with E-state index in [4.69, 9.17) is 32.6 Å². The van der Waals surface area contributed by atoms with Crippen LogP contribution in [-0.2, 0) is 77.5 Å². The van der Waals surface area contributed by atoms with Crippen molar-refractivity contribution in [2.75, 3.05) is 19.5 Å². The number of rotatable bonds is 3. The van der Waals surface area contributed by atoms with Gasteiger partial charge >= 0.3 is 10.1 Å². The second-order valence-corrected chi connectivity index (χ2v) is 26.4. The molecule has 89 heavy (non-hydrogen) atoms. The molecule has 4 aliphatic carbocycles. The predicted octanol–water partition coefficient (Wildman–Crippen LogP) is 16.1. The summed E-state index contributed by atoms with van der Waals surface area (Å²) >= 11 is 0. The molecule has 0 radical (unpaired) electrons. The summed E-state index contributed by atoms with van der Waals surface area (Å²) in [7, 11) is -3.56. The van der Waals surface area contributed by atoms with Gasteiger partial charge in [-0.05, 0) is 218 Å². The van der Waals surface area contributed by atoms with Crippen LogP contribution in [0.3, 0.4) is 0 Å². The fraction of sp³-hybridized carbons (Fsp3) is 0.303. The molecule has 8 aromatic rings. The molecule has 0 bridgehead atoms. The van der Waals surface area contributed by atoms with Crippen molar-refractivity contribution in [1.82, 2.24) is 0 Å². The first-order valence-corrected chi connectivity index (χ1v) is 32.9. The van der Waals surface area contributed by atoms with E-state index >= 15 is 0 Å². The number of benzene rings is 8. The lowest BCUT2D eigenvalue weighted by atomic mass is 9.83. The maximum atomic E-state index is 12.1. The third-order valence-corrected chi connectivity index (χ3v) is 19.1. The highest BCUT2D eigenvalue weighted by molar-refractivity contribution is 7.86. The Kier molecular flexibility index (Phi) is 15.3. The second kappa shape index (κ2) is 23.4. The van der Waals surface area contributed by atoms with Crippen LogP contribution in [0.2, 0.25) is 0 Å². The Hall–Kier alpha value is -8.62. The molecule has 1 fully saturated rings. The van der Waals surface area contributed by atoms with E-state index in [1.165, 1.54) is 72.3 Å². The molecular weight excluding hydrogens is 1140 g/mol. The molecule has 1 spiro atoms. The van der Waals surface area contributed by atoms with Crippen molar-refractivity contribution in [3.8, 4) is 73.3 Å². The Morgan fingerprint density at radius 3 is 1.43 bits per heavy atom. The number of allylic oxidation sites excluding steroid dienone is 2. The van der Waals surface area contributed by atoms with Crippen LogP contribution in [-0.4, -0.2) is 45.2 Å². The van der Waals surface area contributed by atoms with Crippen LogP contribution >= 0.6 is 0 Å². The van der Waals surface area contributed by atoms with Crippen LogP contribution in [0.4, 0.5) is 0 Å². The number of hydrogen-bond acceptors (Lipinski definition) is 12. The summed E-state index contributed by atoms with van der Waals surface area (Å²) in [6, 6.07) is 41.1. The minimum Gasteiger partial charge on any atom is -0.488 e. The van der Waals surface area contributed by atoms with Gasteiger partial charge in [0.1, 0.15) is 55.2 Å². The molecular formula is C76H70O12S. The van der Waals surface area contributed by atoms with Crippen molar-refractivity contribution in [3.63, 3.8) is 0 Å². The second-order valence-electron chi connectivity index (χ2n) is 24.8. The summed E-state index contributed by atoms with van der Waals surface area (Å²) in [4.78, 5) is 35.6. The zero-order chi connectivity index (χ0) is 61.3. The van der Waals surface area contributed by atoms with E-state index < -0.39 is 15.9 Å². The largest absolute Gasteiger partial charge is 0.488 e. The standard InChI is InChI=1S/C20H20O3.C19H16O3.C19H18O.C18H16O5S/c1-13-4-5-16-15(9-13)12-21-19-11-18-14(10-17(16)19)3-2-6-20(18)22-7-8-23-20;1-11(20)12-5-6-15-14(7-12)10-22-19-9-16-13(8-17(15)19)3-2-4-18(16)21;1-12-6-7-16-15(8-12)11-20-19-10-17-13(2)4-3-5-14(17)9-18(16)19;1-24(20,21)23-13-5-6-14-12(7-13)10-22-18-9-15-11(8-16(14)18)3-2-4-17(15)19/h4-5,9-11H,2-3,6-8,12H2,1H3;5-9H,2-4,10H2,1H3;4,6-10H,3,5,11H2,1-2H3;5-9H,2-4,10H2,1H3. The molecule has 1 saturated heterocycles. The van der Waals surface area contributed by atoms with E-state index in [0.717, 1.165) is 137 Å². The zero-order valence-corrected chi connectivity index (χ0v) is 51.8. The van der Waals surface area contributed by atoms with Crippen LogP contribution in [0, 0.1) is 13.8 Å². The van der Waals surface area contributed by atoms with Gasteiger partial charge in [0, 0.05) is 69.3 Å². The molecule has 0 aromatic heterocycles.